The van der Waals surface area contributed by atoms with E-state index in [2.05, 4.69) is 15.5 Å². The van der Waals surface area contributed by atoms with Crippen molar-refractivity contribution in [2.24, 2.45) is 5.10 Å². The number of aromatic nitrogens is 1. The molecule has 1 N–H and O–H groups in total. The number of carbonyl (C=O) groups excluding carboxylic acids is 1. The molecule has 0 aromatic carbocycles. The summed E-state index contributed by atoms with van der Waals surface area (Å²) in [5, 5.41) is 3.88. The zero-order chi connectivity index (χ0) is 13.0. The van der Waals surface area contributed by atoms with E-state index in [0.29, 0.717) is 5.56 Å². The maximum atomic E-state index is 11.6. The van der Waals surface area contributed by atoms with Crippen molar-refractivity contribution in [3.8, 4) is 0 Å². The molecule has 2 rings (SSSR count). The van der Waals surface area contributed by atoms with Crippen molar-refractivity contribution in [2.45, 2.75) is 13.8 Å². The molecule has 0 radical (unpaired) electrons. The first-order chi connectivity index (χ1) is 8.66. The second kappa shape index (κ2) is 5.27. The molecule has 0 bridgehead atoms. The Balaban J connectivity index is 2.00. The van der Waals surface area contributed by atoms with E-state index in [4.69, 9.17) is 4.42 Å². The third-order valence-electron chi connectivity index (χ3n) is 2.37. The van der Waals surface area contributed by atoms with E-state index in [-0.39, 0.29) is 5.91 Å². The largest absolute Gasteiger partial charge is 0.466 e. The monoisotopic (exact) mass is 243 g/mol. The highest BCUT2D eigenvalue weighted by atomic mass is 16.3. The third-order valence-corrected chi connectivity index (χ3v) is 2.37. The molecule has 0 unspecified atom stereocenters. The average Bonchev–Trinajstić information content (AvgIpc) is 2.69. The summed E-state index contributed by atoms with van der Waals surface area (Å²) < 4.78 is 5.34. The van der Waals surface area contributed by atoms with Gasteiger partial charge in [0.05, 0.1) is 11.8 Å². The first-order valence-electron chi connectivity index (χ1n) is 5.47. The minimum absolute atomic E-state index is 0.294. The number of hydrogen-bond acceptors (Lipinski definition) is 4. The molecule has 0 aliphatic carbocycles. The molecule has 0 fully saturated rings. The number of pyridine rings is 1. The number of carbonyl (C=O) groups is 1. The molecule has 0 saturated heterocycles. The number of rotatable bonds is 3. The fraction of sp³-hybridized carbons (Fsp3) is 0.154. The van der Waals surface area contributed by atoms with E-state index in [1.807, 2.05) is 19.9 Å². The maximum Gasteiger partial charge on any atom is 0.272 e. The van der Waals surface area contributed by atoms with Crippen LogP contribution in [0, 0.1) is 13.8 Å². The van der Waals surface area contributed by atoms with Crippen LogP contribution in [0.25, 0.3) is 0 Å². The van der Waals surface area contributed by atoms with E-state index in [1.165, 1.54) is 6.20 Å². The van der Waals surface area contributed by atoms with Gasteiger partial charge in [0.15, 0.2) is 0 Å². The minimum atomic E-state index is -0.294. The molecule has 0 atom stereocenters. The van der Waals surface area contributed by atoms with Gasteiger partial charge in [-0.25, -0.2) is 5.43 Å². The van der Waals surface area contributed by atoms with Crippen molar-refractivity contribution >= 4 is 12.1 Å². The lowest BCUT2D eigenvalue weighted by Crippen LogP contribution is -2.17. The Morgan fingerprint density at radius 1 is 1.50 bits per heavy atom. The van der Waals surface area contributed by atoms with Crippen LogP contribution in [-0.4, -0.2) is 17.1 Å². The SMILES string of the molecule is Cc1cc(/C=N\NC(=O)c2cccnc2)c(C)o1. The second-order valence-corrected chi connectivity index (χ2v) is 3.81. The Kier molecular flexibility index (Phi) is 3.52. The lowest BCUT2D eigenvalue weighted by atomic mass is 10.3. The Labute approximate surface area is 105 Å². The number of nitrogens with zero attached hydrogens (tertiary/aromatic N) is 2. The van der Waals surface area contributed by atoms with Crippen LogP contribution in [0.1, 0.15) is 27.4 Å². The molecular formula is C13H13N3O2. The summed E-state index contributed by atoms with van der Waals surface area (Å²) in [6.07, 6.45) is 4.65. The van der Waals surface area contributed by atoms with Gasteiger partial charge >= 0.3 is 0 Å². The Morgan fingerprint density at radius 3 is 2.94 bits per heavy atom. The van der Waals surface area contributed by atoms with Gasteiger partial charge in [-0.15, -0.1) is 0 Å². The number of amides is 1. The molecular weight excluding hydrogens is 230 g/mol. The summed E-state index contributed by atoms with van der Waals surface area (Å²) in [5.74, 6) is 1.29. The number of nitrogens with one attached hydrogen (secondary N) is 1. The van der Waals surface area contributed by atoms with Gasteiger partial charge in [0.1, 0.15) is 11.5 Å². The van der Waals surface area contributed by atoms with Crippen LogP contribution in [0.4, 0.5) is 0 Å². The fourth-order valence-electron chi connectivity index (χ4n) is 1.50. The van der Waals surface area contributed by atoms with Crippen molar-refractivity contribution in [2.75, 3.05) is 0 Å². The molecule has 18 heavy (non-hydrogen) atoms. The quantitative estimate of drug-likeness (QED) is 0.662. The van der Waals surface area contributed by atoms with Gasteiger partial charge in [-0.05, 0) is 32.0 Å². The van der Waals surface area contributed by atoms with Crippen LogP contribution in [0.3, 0.4) is 0 Å². The van der Waals surface area contributed by atoms with Crippen LogP contribution in [0.2, 0.25) is 0 Å². The topological polar surface area (TPSA) is 67.5 Å². The summed E-state index contributed by atoms with van der Waals surface area (Å²) in [6, 6.07) is 5.22. The molecule has 0 aliphatic rings. The standard InChI is InChI=1S/C13H13N3O2/c1-9-6-12(10(2)18-9)8-15-16-13(17)11-4-3-5-14-7-11/h3-8H,1-2H3,(H,16,17)/b15-8-. The second-order valence-electron chi connectivity index (χ2n) is 3.81. The first kappa shape index (κ1) is 12.0. The molecule has 5 heteroatoms. The zero-order valence-electron chi connectivity index (χ0n) is 10.2. The number of furan rings is 1. The maximum absolute atomic E-state index is 11.6. The van der Waals surface area contributed by atoms with Crippen LogP contribution in [0.15, 0.2) is 40.1 Å². The van der Waals surface area contributed by atoms with E-state index in [1.54, 1.807) is 24.5 Å². The number of hydrazone groups is 1. The van der Waals surface area contributed by atoms with Gasteiger partial charge in [0, 0.05) is 18.0 Å². The number of aryl methyl sites for hydroxylation is 2. The Bertz CT molecular complexity index is 573. The molecule has 2 aromatic rings. The smallest absolute Gasteiger partial charge is 0.272 e. The number of hydrogen-bond donors (Lipinski definition) is 1. The van der Waals surface area contributed by atoms with Gasteiger partial charge < -0.3 is 4.42 Å². The van der Waals surface area contributed by atoms with Crippen molar-refractivity contribution < 1.29 is 9.21 Å². The average molecular weight is 243 g/mol. The molecule has 5 nitrogen and oxygen atoms in total. The van der Waals surface area contributed by atoms with E-state index in [9.17, 15) is 4.79 Å². The Hall–Kier alpha value is -2.43. The van der Waals surface area contributed by atoms with Crippen molar-refractivity contribution in [1.29, 1.82) is 0 Å². The van der Waals surface area contributed by atoms with Crippen molar-refractivity contribution in [3.05, 3.63) is 53.2 Å². The lowest BCUT2D eigenvalue weighted by Gasteiger charge is -1.97. The highest BCUT2D eigenvalue weighted by molar-refractivity contribution is 5.94. The minimum Gasteiger partial charge on any atom is -0.466 e. The van der Waals surface area contributed by atoms with Gasteiger partial charge in [-0.2, -0.15) is 5.10 Å². The summed E-state index contributed by atoms with van der Waals surface area (Å²) in [5.41, 5.74) is 3.75. The van der Waals surface area contributed by atoms with E-state index < -0.39 is 0 Å². The van der Waals surface area contributed by atoms with Crippen LogP contribution in [0.5, 0.6) is 0 Å². The molecule has 2 heterocycles. The summed E-state index contributed by atoms with van der Waals surface area (Å²) in [6.45, 7) is 3.70. The predicted molar refractivity (Wildman–Crippen MR) is 67.5 cm³/mol. The third kappa shape index (κ3) is 2.82. The summed E-state index contributed by atoms with van der Waals surface area (Å²) in [4.78, 5) is 15.5. The van der Waals surface area contributed by atoms with Gasteiger partial charge in [-0.1, -0.05) is 0 Å². The van der Waals surface area contributed by atoms with Gasteiger partial charge in [0.2, 0.25) is 0 Å². The normalized spacial score (nSPS) is 10.8. The van der Waals surface area contributed by atoms with Crippen LogP contribution >= 0.6 is 0 Å². The highest BCUT2D eigenvalue weighted by Gasteiger charge is 2.04. The Morgan fingerprint density at radius 2 is 2.33 bits per heavy atom. The zero-order valence-corrected chi connectivity index (χ0v) is 10.2. The van der Waals surface area contributed by atoms with E-state index >= 15 is 0 Å². The van der Waals surface area contributed by atoms with E-state index in [0.717, 1.165) is 17.1 Å². The first-order valence-corrected chi connectivity index (χ1v) is 5.47. The predicted octanol–water partition coefficient (Wildman–Crippen LogP) is 2.06. The van der Waals surface area contributed by atoms with Crippen molar-refractivity contribution in [3.63, 3.8) is 0 Å². The van der Waals surface area contributed by atoms with Crippen molar-refractivity contribution in [1.82, 2.24) is 10.4 Å². The summed E-state index contributed by atoms with van der Waals surface area (Å²) >= 11 is 0. The van der Waals surface area contributed by atoms with Crippen LogP contribution in [-0.2, 0) is 0 Å². The molecule has 92 valence electrons. The van der Waals surface area contributed by atoms with Gasteiger partial charge in [0.25, 0.3) is 5.91 Å². The molecule has 0 spiro atoms. The molecule has 2 aromatic heterocycles. The highest BCUT2D eigenvalue weighted by Crippen LogP contribution is 2.10. The molecule has 0 saturated carbocycles. The fourth-order valence-corrected chi connectivity index (χ4v) is 1.50. The lowest BCUT2D eigenvalue weighted by molar-refractivity contribution is 0.0955. The van der Waals surface area contributed by atoms with Crippen LogP contribution < -0.4 is 5.43 Å². The molecule has 1 amide bonds. The summed E-state index contributed by atoms with van der Waals surface area (Å²) in [7, 11) is 0. The van der Waals surface area contributed by atoms with Gasteiger partial charge in [-0.3, -0.25) is 9.78 Å². The molecule has 0 aliphatic heterocycles.